The van der Waals surface area contributed by atoms with Crippen LogP contribution >= 0.6 is 0 Å². The molecule has 1 aromatic rings. The summed E-state index contributed by atoms with van der Waals surface area (Å²) in [5.41, 5.74) is 0.563. The molecule has 0 fully saturated rings. The highest BCUT2D eigenvalue weighted by atomic mass is 16.1. The smallest absolute Gasteiger partial charge is 0.253 e. The van der Waals surface area contributed by atoms with Crippen LogP contribution in [-0.4, -0.2) is 16.9 Å². The molecular weight excluding hydrogens is 188 g/mol. The summed E-state index contributed by atoms with van der Waals surface area (Å²) in [6, 6.07) is 3.50. The van der Waals surface area contributed by atoms with Gasteiger partial charge in [0.05, 0.1) is 5.56 Å². The van der Waals surface area contributed by atoms with Gasteiger partial charge in [-0.3, -0.25) is 9.78 Å². The van der Waals surface area contributed by atoms with E-state index in [-0.39, 0.29) is 11.9 Å². The van der Waals surface area contributed by atoms with Gasteiger partial charge < -0.3 is 5.32 Å². The summed E-state index contributed by atoms with van der Waals surface area (Å²) in [5.74, 6) is 2.43. The number of pyridine rings is 1. The fourth-order valence-corrected chi connectivity index (χ4v) is 1.21. The molecule has 0 saturated carbocycles. The van der Waals surface area contributed by atoms with Gasteiger partial charge in [0.1, 0.15) is 0 Å². The topological polar surface area (TPSA) is 42.0 Å². The summed E-state index contributed by atoms with van der Waals surface area (Å²) in [5, 5.41) is 2.86. The number of amides is 1. The molecule has 0 aliphatic carbocycles. The molecule has 0 spiro atoms. The van der Waals surface area contributed by atoms with E-state index in [2.05, 4.69) is 16.2 Å². The highest BCUT2D eigenvalue weighted by Crippen LogP contribution is 2.00. The van der Waals surface area contributed by atoms with Crippen molar-refractivity contribution in [3.05, 3.63) is 30.1 Å². The van der Waals surface area contributed by atoms with Gasteiger partial charge in [0.2, 0.25) is 0 Å². The zero-order valence-corrected chi connectivity index (χ0v) is 8.73. The lowest BCUT2D eigenvalue weighted by molar-refractivity contribution is 0.0936. The van der Waals surface area contributed by atoms with Gasteiger partial charge in [-0.15, -0.1) is 12.3 Å². The summed E-state index contributed by atoms with van der Waals surface area (Å²) in [4.78, 5) is 15.6. The SMILES string of the molecule is C#CCC(CC)NC(=O)c1cccnc1. The Morgan fingerprint density at radius 3 is 3.07 bits per heavy atom. The van der Waals surface area contributed by atoms with E-state index in [0.717, 1.165) is 6.42 Å². The Balaban J connectivity index is 2.59. The summed E-state index contributed by atoms with van der Waals surface area (Å²) < 4.78 is 0. The monoisotopic (exact) mass is 202 g/mol. The number of nitrogens with zero attached hydrogens (tertiary/aromatic N) is 1. The van der Waals surface area contributed by atoms with Gasteiger partial charge in [0.25, 0.3) is 5.91 Å². The molecule has 0 bridgehead atoms. The van der Waals surface area contributed by atoms with E-state index >= 15 is 0 Å². The Hall–Kier alpha value is -1.82. The van der Waals surface area contributed by atoms with Crippen molar-refractivity contribution in [2.75, 3.05) is 0 Å². The molecule has 78 valence electrons. The standard InChI is InChI=1S/C12H14N2O/c1-3-6-11(4-2)14-12(15)10-7-5-8-13-9-10/h1,5,7-9,11H,4,6H2,2H3,(H,14,15). The van der Waals surface area contributed by atoms with Crippen LogP contribution < -0.4 is 5.32 Å². The van der Waals surface area contributed by atoms with Crippen molar-refractivity contribution in [1.82, 2.24) is 10.3 Å². The zero-order valence-electron chi connectivity index (χ0n) is 8.73. The lowest BCUT2D eigenvalue weighted by atomic mass is 10.1. The predicted octanol–water partition coefficient (Wildman–Crippen LogP) is 1.61. The van der Waals surface area contributed by atoms with Crippen LogP contribution in [0, 0.1) is 12.3 Å². The van der Waals surface area contributed by atoms with Crippen molar-refractivity contribution in [2.45, 2.75) is 25.8 Å². The van der Waals surface area contributed by atoms with Crippen LogP contribution in [0.4, 0.5) is 0 Å². The van der Waals surface area contributed by atoms with Gasteiger partial charge in [-0.25, -0.2) is 0 Å². The largest absolute Gasteiger partial charge is 0.348 e. The Morgan fingerprint density at radius 1 is 1.73 bits per heavy atom. The molecule has 1 atom stereocenters. The summed E-state index contributed by atoms with van der Waals surface area (Å²) >= 11 is 0. The third-order valence-corrected chi connectivity index (χ3v) is 2.12. The molecule has 0 radical (unpaired) electrons. The summed E-state index contributed by atoms with van der Waals surface area (Å²) in [6.07, 6.45) is 9.77. The van der Waals surface area contributed by atoms with Crippen LogP contribution in [0.5, 0.6) is 0 Å². The van der Waals surface area contributed by atoms with E-state index in [1.165, 1.54) is 6.20 Å². The van der Waals surface area contributed by atoms with Crippen molar-refractivity contribution in [2.24, 2.45) is 0 Å². The molecule has 0 aliphatic heterocycles. The second-order valence-electron chi connectivity index (χ2n) is 3.23. The van der Waals surface area contributed by atoms with E-state index in [4.69, 9.17) is 6.42 Å². The second-order valence-corrected chi connectivity index (χ2v) is 3.23. The van der Waals surface area contributed by atoms with Gasteiger partial charge in [0, 0.05) is 24.9 Å². The molecule has 3 heteroatoms. The van der Waals surface area contributed by atoms with Gasteiger partial charge in [-0.1, -0.05) is 6.92 Å². The van der Waals surface area contributed by atoms with Crippen molar-refractivity contribution >= 4 is 5.91 Å². The number of aromatic nitrogens is 1. The van der Waals surface area contributed by atoms with Crippen molar-refractivity contribution in [3.63, 3.8) is 0 Å². The predicted molar refractivity (Wildman–Crippen MR) is 59.2 cm³/mol. The minimum Gasteiger partial charge on any atom is -0.348 e. The maximum absolute atomic E-state index is 11.7. The molecule has 0 saturated heterocycles. The minimum absolute atomic E-state index is 0.0442. The van der Waals surface area contributed by atoms with Gasteiger partial charge in [-0.2, -0.15) is 0 Å². The number of carbonyl (C=O) groups excluding carboxylic acids is 1. The van der Waals surface area contributed by atoms with E-state index in [0.29, 0.717) is 12.0 Å². The number of nitrogens with one attached hydrogen (secondary N) is 1. The van der Waals surface area contributed by atoms with Crippen molar-refractivity contribution in [1.29, 1.82) is 0 Å². The first-order valence-electron chi connectivity index (χ1n) is 4.92. The van der Waals surface area contributed by atoms with Crippen LogP contribution in [0.15, 0.2) is 24.5 Å². The molecule has 15 heavy (non-hydrogen) atoms. The third-order valence-electron chi connectivity index (χ3n) is 2.12. The number of carbonyl (C=O) groups is 1. The Kier molecular flexibility index (Phi) is 4.36. The molecule has 0 aliphatic rings. The average molecular weight is 202 g/mol. The first-order valence-corrected chi connectivity index (χ1v) is 4.92. The normalized spacial score (nSPS) is 11.5. The van der Waals surface area contributed by atoms with Crippen LogP contribution in [0.2, 0.25) is 0 Å². The molecule has 1 unspecified atom stereocenters. The summed E-state index contributed by atoms with van der Waals surface area (Å²) in [7, 11) is 0. The Morgan fingerprint density at radius 2 is 2.53 bits per heavy atom. The van der Waals surface area contributed by atoms with Crippen molar-refractivity contribution < 1.29 is 4.79 Å². The van der Waals surface area contributed by atoms with Gasteiger partial charge in [-0.05, 0) is 18.6 Å². The lowest BCUT2D eigenvalue weighted by Gasteiger charge is -2.13. The van der Waals surface area contributed by atoms with Crippen molar-refractivity contribution in [3.8, 4) is 12.3 Å². The molecule has 1 heterocycles. The maximum atomic E-state index is 11.7. The van der Waals surface area contributed by atoms with Crippen LogP contribution in [0.25, 0.3) is 0 Å². The molecule has 1 aromatic heterocycles. The molecule has 0 aromatic carbocycles. The zero-order chi connectivity index (χ0) is 11.1. The Bertz CT molecular complexity index is 354. The summed E-state index contributed by atoms with van der Waals surface area (Å²) in [6.45, 7) is 1.99. The van der Waals surface area contributed by atoms with Crippen LogP contribution in [0.1, 0.15) is 30.1 Å². The van der Waals surface area contributed by atoms with E-state index in [1.54, 1.807) is 18.3 Å². The van der Waals surface area contributed by atoms with E-state index < -0.39 is 0 Å². The molecule has 3 nitrogen and oxygen atoms in total. The number of hydrogen-bond donors (Lipinski definition) is 1. The first-order chi connectivity index (χ1) is 7.27. The lowest BCUT2D eigenvalue weighted by Crippen LogP contribution is -2.34. The number of hydrogen-bond acceptors (Lipinski definition) is 2. The maximum Gasteiger partial charge on any atom is 0.253 e. The van der Waals surface area contributed by atoms with Crippen LogP contribution in [0.3, 0.4) is 0 Å². The second kappa shape index (κ2) is 5.82. The van der Waals surface area contributed by atoms with E-state index in [9.17, 15) is 4.79 Å². The van der Waals surface area contributed by atoms with Gasteiger partial charge in [0.15, 0.2) is 0 Å². The Labute approximate surface area is 89.9 Å². The fourth-order valence-electron chi connectivity index (χ4n) is 1.21. The molecular formula is C12H14N2O. The fraction of sp³-hybridized carbons (Fsp3) is 0.333. The first kappa shape index (κ1) is 11.3. The number of rotatable bonds is 4. The molecule has 1 amide bonds. The highest BCUT2D eigenvalue weighted by Gasteiger charge is 2.10. The van der Waals surface area contributed by atoms with E-state index in [1.807, 2.05) is 6.92 Å². The van der Waals surface area contributed by atoms with Crippen LogP contribution in [-0.2, 0) is 0 Å². The minimum atomic E-state index is -0.120. The average Bonchev–Trinajstić information content (AvgIpc) is 2.29. The molecule has 1 rings (SSSR count). The molecule has 1 N–H and O–H groups in total. The van der Waals surface area contributed by atoms with Gasteiger partial charge >= 0.3 is 0 Å². The third kappa shape index (κ3) is 3.43. The quantitative estimate of drug-likeness (QED) is 0.754. The highest BCUT2D eigenvalue weighted by molar-refractivity contribution is 5.94. The number of terminal acetylenes is 1.